The van der Waals surface area contributed by atoms with Crippen molar-refractivity contribution >= 4 is 28.1 Å². The molecule has 2 aromatic carbocycles. The second-order valence-electron chi connectivity index (χ2n) is 8.31. The van der Waals surface area contributed by atoms with E-state index in [9.17, 15) is 9.59 Å². The first-order chi connectivity index (χ1) is 16.5. The van der Waals surface area contributed by atoms with Crippen molar-refractivity contribution in [2.45, 2.75) is 25.9 Å². The van der Waals surface area contributed by atoms with Gasteiger partial charge < -0.3 is 14.4 Å². The Bertz CT molecular complexity index is 1430. The fourth-order valence-electron chi connectivity index (χ4n) is 4.65. The molecule has 0 bridgehead atoms. The minimum absolute atomic E-state index is 0.0692. The predicted octanol–water partition coefficient (Wildman–Crippen LogP) is 3.96. The molecule has 3 heterocycles. The molecule has 1 atom stereocenters. The number of amides is 1. The number of hydrogen-bond donors (Lipinski definition) is 0. The Hall–Kier alpha value is -3.65. The summed E-state index contributed by atoms with van der Waals surface area (Å²) >= 11 is 1.60. The fourth-order valence-corrected chi connectivity index (χ4v) is 5.51. The van der Waals surface area contributed by atoms with Crippen LogP contribution in [-0.2, 0) is 17.8 Å². The van der Waals surface area contributed by atoms with Gasteiger partial charge in [0.05, 0.1) is 37.5 Å². The van der Waals surface area contributed by atoms with Crippen LogP contribution in [0.2, 0.25) is 0 Å². The molecule has 0 N–H and O–H groups in total. The summed E-state index contributed by atoms with van der Waals surface area (Å²) < 4.78 is 12.4. The molecule has 1 aliphatic rings. The zero-order valence-corrected chi connectivity index (χ0v) is 20.1. The highest BCUT2D eigenvalue weighted by molar-refractivity contribution is 7.10. The highest BCUT2D eigenvalue weighted by atomic mass is 32.1. The number of aromatic nitrogens is 2. The van der Waals surface area contributed by atoms with Crippen molar-refractivity contribution in [2.24, 2.45) is 0 Å². The molecular weight excluding hydrogens is 450 g/mol. The van der Waals surface area contributed by atoms with Gasteiger partial charge in [-0.25, -0.2) is 4.98 Å². The topological polar surface area (TPSA) is 73.7 Å². The summed E-state index contributed by atoms with van der Waals surface area (Å²) in [6.45, 7) is 2.39. The second-order valence-corrected chi connectivity index (χ2v) is 9.29. The van der Waals surface area contributed by atoms with Crippen molar-refractivity contribution in [1.82, 2.24) is 14.5 Å². The standard InChI is InChI=1S/C26H25N3O4S/c1-16-6-4-7-18-24(16)27-15-28(26(18)31)14-23(30)29-10-9-17-12-20(32-2)21(33-3)13-19(17)25(29)22-8-5-11-34-22/h4-8,11-13,15,25H,9-10,14H2,1-3H3. The van der Waals surface area contributed by atoms with Gasteiger partial charge in [0.25, 0.3) is 5.56 Å². The molecule has 0 fully saturated rings. The molecule has 5 rings (SSSR count). The van der Waals surface area contributed by atoms with Crippen LogP contribution in [0.15, 0.2) is 59.0 Å². The van der Waals surface area contributed by atoms with Gasteiger partial charge in [-0.1, -0.05) is 18.2 Å². The van der Waals surface area contributed by atoms with Crippen molar-refractivity contribution < 1.29 is 14.3 Å². The average Bonchev–Trinajstić information content (AvgIpc) is 3.39. The minimum Gasteiger partial charge on any atom is -0.493 e. The van der Waals surface area contributed by atoms with Crippen LogP contribution in [0.3, 0.4) is 0 Å². The zero-order chi connectivity index (χ0) is 23.8. The normalized spacial score (nSPS) is 15.3. The molecule has 2 aromatic heterocycles. The first kappa shape index (κ1) is 22.2. The van der Waals surface area contributed by atoms with E-state index in [2.05, 4.69) is 4.98 Å². The molecule has 34 heavy (non-hydrogen) atoms. The van der Waals surface area contributed by atoms with Gasteiger partial charge in [-0.05, 0) is 59.7 Å². The molecule has 1 unspecified atom stereocenters. The third-order valence-electron chi connectivity index (χ3n) is 6.37. The van der Waals surface area contributed by atoms with Crippen LogP contribution in [0, 0.1) is 6.92 Å². The molecule has 0 aliphatic carbocycles. The first-order valence-corrected chi connectivity index (χ1v) is 11.9. The number of para-hydroxylation sites is 1. The lowest BCUT2D eigenvalue weighted by Crippen LogP contribution is -2.43. The molecule has 7 nitrogen and oxygen atoms in total. The van der Waals surface area contributed by atoms with Crippen LogP contribution in [0.5, 0.6) is 11.5 Å². The van der Waals surface area contributed by atoms with E-state index in [1.54, 1.807) is 31.6 Å². The first-order valence-electron chi connectivity index (χ1n) is 11.0. The summed E-state index contributed by atoms with van der Waals surface area (Å²) in [4.78, 5) is 34.0. The number of carbonyl (C=O) groups excluding carboxylic acids is 1. The summed E-state index contributed by atoms with van der Waals surface area (Å²) in [6, 6.07) is 13.2. The maximum atomic E-state index is 13.6. The number of carbonyl (C=O) groups is 1. The lowest BCUT2D eigenvalue weighted by molar-refractivity contribution is -0.134. The van der Waals surface area contributed by atoms with Crippen LogP contribution in [-0.4, -0.2) is 41.1 Å². The predicted molar refractivity (Wildman–Crippen MR) is 132 cm³/mol. The van der Waals surface area contributed by atoms with E-state index >= 15 is 0 Å². The van der Waals surface area contributed by atoms with E-state index < -0.39 is 0 Å². The van der Waals surface area contributed by atoms with Crippen molar-refractivity contribution in [3.8, 4) is 11.5 Å². The largest absolute Gasteiger partial charge is 0.493 e. The third kappa shape index (κ3) is 3.74. The Balaban J connectivity index is 1.53. The van der Waals surface area contributed by atoms with Crippen molar-refractivity contribution in [1.29, 1.82) is 0 Å². The molecule has 4 aromatic rings. The van der Waals surface area contributed by atoms with E-state index in [4.69, 9.17) is 9.47 Å². The smallest absolute Gasteiger partial charge is 0.261 e. The summed E-state index contributed by atoms with van der Waals surface area (Å²) in [5.41, 5.74) is 3.53. The number of thiophene rings is 1. The summed E-state index contributed by atoms with van der Waals surface area (Å²) in [5, 5.41) is 2.53. The van der Waals surface area contributed by atoms with Gasteiger partial charge in [0, 0.05) is 11.4 Å². The highest BCUT2D eigenvalue weighted by Gasteiger charge is 2.34. The van der Waals surface area contributed by atoms with Crippen LogP contribution in [0.25, 0.3) is 10.9 Å². The number of ether oxygens (including phenoxy) is 2. The van der Waals surface area contributed by atoms with E-state index in [0.29, 0.717) is 35.4 Å². The van der Waals surface area contributed by atoms with Crippen LogP contribution in [0.4, 0.5) is 0 Å². The second kappa shape index (κ2) is 8.95. The average molecular weight is 476 g/mol. The summed E-state index contributed by atoms with van der Waals surface area (Å²) in [7, 11) is 3.23. The van der Waals surface area contributed by atoms with Crippen molar-refractivity contribution in [3.05, 3.63) is 86.1 Å². The third-order valence-corrected chi connectivity index (χ3v) is 7.29. The Labute approximate surface area is 201 Å². The maximum Gasteiger partial charge on any atom is 0.261 e. The Morgan fingerprint density at radius 2 is 1.94 bits per heavy atom. The zero-order valence-electron chi connectivity index (χ0n) is 19.3. The van der Waals surface area contributed by atoms with Gasteiger partial charge in [0.2, 0.25) is 5.91 Å². The van der Waals surface area contributed by atoms with Gasteiger partial charge in [0.15, 0.2) is 11.5 Å². The van der Waals surface area contributed by atoms with Gasteiger partial charge in [0.1, 0.15) is 6.54 Å². The van der Waals surface area contributed by atoms with E-state index in [0.717, 1.165) is 21.6 Å². The number of fused-ring (bicyclic) bond motifs is 2. The van der Waals surface area contributed by atoms with E-state index in [-0.39, 0.29) is 24.1 Å². The lowest BCUT2D eigenvalue weighted by Gasteiger charge is -2.37. The summed E-state index contributed by atoms with van der Waals surface area (Å²) in [5.74, 6) is 1.17. The molecule has 1 amide bonds. The monoisotopic (exact) mass is 475 g/mol. The Kier molecular flexibility index (Phi) is 5.83. The molecule has 8 heteroatoms. The number of hydrogen-bond acceptors (Lipinski definition) is 6. The van der Waals surface area contributed by atoms with E-state index in [1.165, 1.54) is 10.9 Å². The Morgan fingerprint density at radius 3 is 2.68 bits per heavy atom. The number of aryl methyl sites for hydroxylation is 1. The van der Waals surface area contributed by atoms with Gasteiger partial charge in [-0.3, -0.25) is 14.2 Å². The molecule has 0 spiro atoms. The minimum atomic E-state index is -0.262. The SMILES string of the molecule is COc1cc2c(cc1OC)C(c1cccs1)N(C(=O)Cn1cnc3c(C)cccc3c1=O)CC2. The van der Waals surface area contributed by atoms with Crippen LogP contribution in [0.1, 0.15) is 27.6 Å². The van der Waals surface area contributed by atoms with Gasteiger partial charge >= 0.3 is 0 Å². The maximum absolute atomic E-state index is 13.6. The molecule has 0 saturated heterocycles. The highest BCUT2D eigenvalue weighted by Crippen LogP contribution is 2.42. The van der Waals surface area contributed by atoms with Crippen molar-refractivity contribution in [2.75, 3.05) is 20.8 Å². The summed E-state index contributed by atoms with van der Waals surface area (Å²) in [6.07, 6.45) is 2.16. The Morgan fingerprint density at radius 1 is 1.15 bits per heavy atom. The van der Waals surface area contributed by atoms with Gasteiger partial charge in [-0.2, -0.15) is 0 Å². The van der Waals surface area contributed by atoms with Crippen LogP contribution >= 0.6 is 11.3 Å². The fraction of sp³-hybridized carbons (Fsp3) is 0.269. The lowest BCUT2D eigenvalue weighted by atomic mass is 9.90. The molecule has 174 valence electrons. The van der Waals surface area contributed by atoms with Crippen molar-refractivity contribution in [3.63, 3.8) is 0 Å². The molecule has 0 saturated carbocycles. The quantitative estimate of drug-likeness (QED) is 0.437. The molecular formula is C26H25N3O4S. The number of methoxy groups -OCH3 is 2. The van der Waals surface area contributed by atoms with Crippen LogP contribution < -0.4 is 15.0 Å². The number of nitrogens with zero attached hydrogens (tertiary/aromatic N) is 3. The molecule has 1 aliphatic heterocycles. The van der Waals surface area contributed by atoms with Gasteiger partial charge in [-0.15, -0.1) is 11.3 Å². The van der Waals surface area contributed by atoms with E-state index in [1.807, 2.05) is 53.6 Å². The number of rotatable bonds is 5. The molecule has 0 radical (unpaired) electrons. The number of benzene rings is 2.